The van der Waals surface area contributed by atoms with Gasteiger partial charge in [-0.15, -0.1) is 0 Å². The quantitative estimate of drug-likeness (QED) is 0.802. The topological polar surface area (TPSA) is 38.0 Å². The highest BCUT2D eigenvalue weighted by molar-refractivity contribution is 6.42. The molecule has 0 heterocycles. The molecule has 0 amide bonds. The molecule has 0 radical (unpaired) electrons. The van der Waals surface area contributed by atoms with Crippen molar-refractivity contribution in [3.8, 4) is 0 Å². The monoisotopic (exact) mass is 246 g/mol. The van der Waals surface area contributed by atoms with E-state index >= 15 is 0 Å². The van der Waals surface area contributed by atoms with E-state index in [-0.39, 0.29) is 6.17 Å². The minimum Gasteiger partial charge on any atom is -0.316 e. The van der Waals surface area contributed by atoms with Crippen molar-refractivity contribution in [2.24, 2.45) is 5.73 Å². The van der Waals surface area contributed by atoms with Crippen LogP contribution >= 0.6 is 23.2 Å². The first-order chi connectivity index (χ1) is 7.10. The molecule has 1 atom stereocenters. The third-order valence-corrected chi connectivity index (χ3v) is 3.30. The number of benzene rings is 1. The lowest BCUT2D eigenvalue weighted by molar-refractivity contribution is 0.580. The molecule has 2 nitrogen and oxygen atoms in total. The molecule has 0 fully saturated rings. The summed E-state index contributed by atoms with van der Waals surface area (Å²) in [6.45, 7) is 2.06. The molecule has 0 aliphatic rings. The van der Waals surface area contributed by atoms with Crippen LogP contribution in [0.2, 0.25) is 10.0 Å². The first-order valence-electron chi connectivity index (χ1n) is 4.98. The molecule has 3 N–H and O–H groups in total. The Morgan fingerprint density at radius 2 is 2.07 bits per heavy atom. The Labute approximate surface area is 101 Å². The van der Waals surface area contributed by atoms with E-state index in [9.17, 15) is 0 Å². The summed E-state index contributed by atoms with van der Waals surface area (Å²) in [4.78, 5) is 0. The van der Waals surface area contributed by atoms with Crippen molar-refractivity contribution < 1.29 is 0 Å². The standard InChI is InChI=1S/C11H16Cl2N2/c1-3-8-7(6-10(14)15-2)4-5-9(12)11(8)13/h4-5,10,15H,3,6,14H2,1-2H3. The fourth-order valence-electron chi connectivity index (χ4n) is 1.55. The van der Waals surface area contributed by atoms with Crippen molar-refractivity contribution in [1.29, 1.82) is 0 Å². The summed E-state index contributed by atoms with van der Waals surface area (Å²) in [5, 5.41) is 4.26. The smallest absolute Gasteiger partial charge is 0.0626 e. The Bertz CT molecular complexity index is 340. The van der Waals surface area contributed by atoms with Crippen molar-refractivity contribution in [3.05, 3.63) is 33.3 Å². The van der Waals surface area contributed by atoms with E-state index in [1.807, 2.05) is 19.2 Å². The zero-order valence-electron chi connectivity index (χ0n) is 8.98. The van der Waals surface area contributed by atoms with Gasteiger partial charge in [0, 0.05) is 6.42 Å². The zero-order valence-corrected chi connectivity index (χ0v) is 10.5. The fraction of sp³-hybridized carbons (Fsp3) is 0.455. The molecule has 1 aromatic rings. The first kappa shape index (κ1) is 12.8. The van der Waals surface area contributed by atoms with Gasteiger partial charge in [0.05, 0.1) is 16.2 Å². The van der Waals surface area contributed by atoms with Crippen LogP contribution in [-0.2, 0) is 12.8 Å². The summed E-state index contributed by atoms with van der Waals surface area (Å²) < 4.78 is 0. The Morgan fingerprint density at radius 1 is 1.40 bits per heavy atom. The van der Waals surface area contributed by atoms with Gasteiger partial charge in [0.1, 0.15) is 0 Å². The van der Waals surface area contributed by atoms with Crippen LogP contribution in [0.1, 0.15) is 18.1 Å². The van der Waals surface area contributed by atoms with Crippen molar-refractivity contribution in [3.63, 3.8) is 0 Å². The lowest BCUT2D eigenvalue weighted by Crippen LogP contribution is -2.36. The van der Waals surface area contributed by atoms with Gasteiger partial charge in [-0.3, -0.25) is 0 Å². The molecule has 0 aliphatic carbocycles. The van der Waals surface area contributed by atoms with Crippen LogP contribution in [0.3, 0.4) is 0 Å². The highest BCUT2D eigenvalue weighted by Gasteiger charge is 2.11. The van der Waals surface area contributed by atoms with E-state index in [1.54, 1.807) is 0 Å². The van der Waals surface area contributed by atoms with Crippen LogP contribution in [0.5, 0.6) is 0 Å². The van der Waals surface area contributed by atoms with Crippen molar-refractivity contribution in [1.82, 2.24) is 5.32 Å². The maximum atomic E-state index is 6.13. The van der Waals surface area contributed by atoms with E-state index in [2.05, 4.69) is 12.2 Å². The Hall–Kier alpha value is -0.280. The first-order valence-corrected chi connectivity index (χ1v) is 5.74. The van der Waals surface area contributed by atoms with E-state index < -0.39 is 0 Å². The third-order valence-electron chi connectivity index (χ3n) is 2.46. The molecule has 0 spiro atoms. The molecule has 0 saturated heterocycles. The lowest BCUT2D eigenvalue weighted by atomic mass is 10.0. The van der Waals surface area contributed by atoms with Crippen LogP contribution in [0.4, 0.5) is 0 Å². The second-order valence-corrected chi connectivity index (χ2v) is 4.24. The summed E-state index contributed by atoms with van der Waals surface area (Å²) in [6, 6.07) is 3.81. The maximum absolute atomic E-state index is 6.13. The SMILES string of the molecule is CCc1c(CC(N)NC)ccc(Cl)c1Cl. The molecule has 15 heavy (non-hydrogen) atoms. The largest absolute Gasteiger partial charge is 0.316 e. The Balaban J connectivity index is 3.02. The van der Waals surface area contributed by atoms with Gasteiger partial charge in [0.15, 0.2) is 0 Å². The second kappa shape index (κ2) is 5.71. The fourth-order valence-corrected chi connectivity index (χ4v) is 2.04. The maximum Gasteiger partial charge on any atom is 0.0626 e. The number of nitrogens with two attached hydrogens (primary N) is 1. The van der Waals surface area contributed by atoms with Gasteiger partial charge in [0.2, 0.25) is 0 Å². The summed E-state index contributed by atoms with van der Waals surface area (Å²) in [6.07, 6.45) is 1.58. The summed E-state index contributed by atoms with van der Waals surface area (Å²) >= 11 is 12.1. The van der Waals surface area contributed by atoms with E-state index in [0.29, 0.717) is 10.0 Å². The van der Waals surface area contributed by atoms with Gasteiger partial charge in [0.25, 0.3) is 0 Å². The van der Waals surface area contributed by atoms with Crippen LogP contribution in [0, 0.1) is 0 Å². The molecular weight excluding hydrogens is 231 g/mol. The molecule has 1 unspecified atom stereocenters. The van der Waals surface area contributed by atoms with Gasteiger partial charge in [-0.25, -0.2) is 0 Å². The molecule has 1 aromatic carbocycles. The van der Waals surface area contributed by atoms with Crippen molar-refractivity contribution in [2.75, 3.05) is 7.05 Å². The van der Waals surface area contributed by atoms with Crippen LogP contribution in [0.15, 0.2) is 12.1 Å². The summed E-state index contributed by atoms with van der Waals surface area (Å²) in [5.41, 5.74) is 8.08. The lowest BCUT2D eigenvalue weighted by Gasteiger charge is -2.15. The highest BCUT2D eigenvalue weighted by atomic mass is 35.5. The van der Waals surface area contributed by atoms with E-state index in [4.69, 9.17) is 28.9 Å². The van der Waals surface area contributed by atoms with Crippen LogP contribution < -0.4 is 11.1 Å². The van der Waals surface area contributed by atoms with Crippen molar-refractivity contribution in [2.45, 2.75) is 25.9 Å². The summed E-state index contributed by atoms with van der Waals surface area (Å²) in [5.74, 6) is 0. The number of rotatable bonds is 4. The molecular formula is C11H16Cl2N2. The normalized spacial score (nSPS) is 12.9. The van der Waals surface area contributed by atoms with Crippen molar-refractivity contribution >= 4 is 23.2 Å². The number of hydrogen-bond acceptors (Lipinski definition) is 2. The molecule has 0 aliphatic heterocycles. The van der Waals surface area contributed by atoms with Gasteiger partial charge in [-0.1, -0.05) is 36.2 Å². The molecule has 84 valence electrons. The average molecular weight is 247 g/mol. The molecule has 0 aromatic heterocycles. The zero-order chi connectivity index (χ0) is 11.4. The minimum atomic E-state index is -0.0486. The third kappa shape index (κ3) is 3.08. The minimum absolute atomic E-state index is 0.0486. The molecule has 0 bridgehead atoms. The van der Waals surface area contributed by atoms with Crippen LogP contribution in [0.25, 0.3) is 0 Å². The number of hydrogen-bond donors (Lipinski definition) is 2. The van der Waals surface area contributed by atoms with Gasteiger partial charge >= 0.3 is 0 Å². The van der Waals surface area contributed by atoms with Crippen LogP contribution in [-0.4, -0.2) is 13.2 Å². The van der Waals surface area contributed by atoms with E-state index in [1.165, 1.54) is 0 Å². The van der Waals surface area contributed by atoms with Gasteiger partial charge in [-0.2, -0.15) is 0 Å². The predicted molar refractivity (Wildman–Crippen MR) is 66.6 cm³/mol. The number of halogens is 2. The summed E-state index contributed by atoms with van der Waals surface area (Å²) in [7, 11) is 1.84. The molecule has 1 rings (SSSR count). The van der Waals surface area contributed by atoms with Gasteiger partial charge in [-0.05, 0) is 30.7 Å². The van der Waals surface area contributed by atoms with Gasteiger partial charge < -0.3 is 11.1 Å². The average Bonchev–Trinajstić information content (AvgIpc) is 2.24. The highest BCUT2D eigenvalue weighted by Crippen LogP contribution is 2.29. The molecule has 0 saturated carbocycles. The second-order valence-electron chi connectivity index (χ2n) is 3.45. The Kier molecular flexibility index (Phi) is 4.87. The van der Waals surface area contributed by atoms with E-state index in [0.717, 1.165) is 24.0 Å². The molecule has 4 heteroatoms. The number of nitrogens with one attached hydrogen (secondary N) is 1. The Morgan fingerprint density at radius 3 is 2.60 bits per heavy atom. The number of likely N-dealkylation sites (N-methyl/N-ethyl adjacent to an activating group) is 1. The predicted octanol–water partition coefficient (Wildman–Crippen LogP) is 2.60.